The van der Waals surface area contributed by atoms with Crippen molar-refractivity contribution in [1.82, 2.24) is 0 Å². The van der Waals surface area contributed by atoms with E-state index in [1.807, 2.05) is 12.2 Å². The molecule has 112 valence electrons. The van der Waals surface area contributed by atoms with Gasteiger partial charge in [0.2, 0.25) is 0 Å². The minimum absolute atomic E-state index is 0.104. The summed E-state index contributed by atoms with van der Waals surface area (Å²) in [5.74, 6) is 0.496. The molecule has 0 fully saturated rings. The van der Waals surface area contributed by atoms with Crippen LogP contribution in [0.3, 0.4) is 0 Å². The van der Waals surface area contributed by atoms with E-state index < -0.39 is 0 Å². The summed E-state index contributed by atoms with van der Waals surface area (Å²) in [5, 5.41) is 10.7. The fourth-order valence-electron chi connectivity index (χ4n) is 3.11. The molecule has 0 N–H and O–H groups in total. The maximum Gasteiger partial charge on any atom is 0.269 e. The second-order valence-corrected chi connectivity index (χ2v) is 5.66. The zero-order valence-electron chi connectivity index (χ0n) is 12.3. The monoisotopic (exact) mass is 294 g/mol. The fourth-order valence-corrected chi connectivity index (χ4v) is 3.11. The molecule has 4 nitrogen and oxygen atoms in total. The van der Waals surface area contributed by atoms with Crippen molar-refractivity contribution >= 4 is 11.4 Å². The first-order valence-corrected chi connectivity index (χ1v) is 7.50. The third kappa shape index (κ3) is 2.77. The number of nitrogens with zero attached hydrogens (tertiary/aromatic N) is 2. The second-order valence-electron chi connectivity index (χ2n) is 5.66. The van der Waals surface area contributed by atoms with Gasteiger partial charge in [0, 0.05) is 17.7 Å². The van der Waals surface area contributed by atoms with Crippen LogP contribution in [-0.2, 0) is 0 Å². The summed E-state index contributed by atoms with van der Waals surface area (Å²) in [6.45, 7) is 3.85. The van der Waals surface area contributed by atoms with Crippen molar-refractivity contribution in [3.63, 3.8) is 0 Å². The van der Waals surface area contributed by atoms with Gasteiger partial charge in [-0.25, -0.2) is 0 Å². The Morgan fingerprint density at radius 2 is 2.09 bits per heavy atom. The van der Waals surface area contributed by atoms with Crippen LogP contribution in [0, 0.1) is 16.0 Å². The molecular weight excluding hydrogens is 276 g/mol. The Bertz CT molecular complexity index is 684. The SMILES string of the molecule is C=CCC1CCC=C2C=CC(c3ccc([N+](=O)[O-])cc3)=NC21. The number of hydrogen-bond acceptors (Lipinski definition) is 3. The molecule has 1 aliphatic carbocycles. The van der Waals surface area contributed by atoms with Crippen molar-refractivity contribution in [3.05, 3.63) is 76.4 Å². The van der Waals surface area contributed by atoms with Crippen LogP contribution in [0.1, 0.15) is 24.8 Å². The summed E-state index contributed by atoms with van der Waals surface area (Å²) in [4.78, 5) is 15.2. The summed E-state index contributed by atoms with van der Waals surface area (Å²) in [5.41, 5.74) is 3.20. The standard InChI is InChI=1S/C18H18N2O2/c1-2-4-14-5-3-6-15-9-12-17(19-18(14)15)13-7-10-16(11-8-13)20(21)22/h2,6-12,14,18H,1,3-5H2. The largest absolute Gasteiger partial charge is 0.276 e. The smallest absolute Gasteiger partial charge is 0.269 e. The van der Waals surface area contributed by atoms with Gasteiger partial charge in [-0.1, -0.05) is 18.2 Å². The molecule has 2 atom stereocenters. The second kappa shape index (κ2) is 6.10. The molecule has 0 radical (unpaired) electrons. The molecular formula is C18H18N2O2. The lowest BCUT2D eigenvalue weighted by Crippen LogP contribution is -2.27. The van der Waals surface area contributed by atoms with E-state index in [-0.39, 0.29) is 16.7 Å². The van der Waals surface area contributed by atoms with E-state index >= 15 is 0 Å². The van der Waals surface area contributed by atoms with Crippen LogP contribution < -0.4 is 0 Å². The minimum atomic E-state index is -0.385. The highest BCUT2D eigenvalue weighted by Gasteiger charge is 2.27. The topological polar surface area (TPSA) is 55.5 Å². The van der Waals surface area contributed by atoms with Gasteiger partial charge in [0.25, 0.3) is 5.69 Å². The predicted molar refractivity (Wildman–Crippen MR) is 88.2 cm³/mol. The van der Waals surface area contributed by atoms with E-state index in [9.17, 15) is 10.1 Å². The molecule has 0 amide bonds. The Morgan fingerprint density at radius 1 is 1.32 bits per heavy atom. The first kappa shape index (κ1) is 14.4. The van der Waals surface area contributed by atoms with Crippen LogP contribution in [0.2, 0.25) is 0 Å². The number of allylic oxidation sites excluding steroid dienone is 3. The van der Waals surface area contributed by atoms with Crippen LogP contribution in [0.25, 0.3) is 0 Å². The molecule has 4 heteroatoms. The van der Waals surface area contributed by atoms with Crippen molar-refractivity contribution in [3.8, 4) is 0 Å². The molecule has 0 aromatic heterocycles. The lowest BCUT2D eigenvalue weighted by atomic mass is 9.80. The number of aliphatic imine (C=N–C) groups is 1. The van der Waals surface area contributed by atoms with Gasteiger partial charge in [0.1, 0.15) is 0 Å². The Kier molecular flexibility index (Phi) is 4.00. The number of nitro groups is 1. The quantitative estimate of drug-likeness (QED) is 0.474. The van der Waals surface area contributed by atoms with Gasteiger partial charge in [-0.3, -0.25) is 15.1 Å². The highest BCUT2D eigenvalue weighted by molar-refractivity contribution is 6.09. The van der Waals surface area contributed by atoms with E-state index in [1.54, 1.807) is 12.1 Å². The van der Waals surface area contributed by atoms with E-state index in [4.69, 9.17) is 4.99 Å². The Morgan fingerprint density at radius 3 is 2.77 bits per heavy atom. The molecule has 2 unspecified atom stereocenters. The highest BCUT2D eigenvalue weighted by atomic mass is 16.6. The van der Waals surface area contributed by atoms with Gasteiger partial charge in [0.15, 0.2) is 0 Å². The zero-order chi connectivity index (χ0) is 15.5. The zero-order valence-corrected chi connectivity index (χ0v) is 12.3. The van der Waals surface area contributed by atoms with Crippen LogP contribution in [0.5, 0.6) is 0 Å². The molecule has 1 aromatic rings. The molecule has 0 bridgehead atoms. The molecule has 0 spiro atoms. The normalized spacial score (nSPS) is 23.3. The van der Waals surface area contributed by atoms with Crippen molar-refractivity contribution in [2.75, 3.05) is 0 Å². The molecule has 2 aliphatic rings. The van der Waals surface area contributed by atoms with E-state index in [2.05, 4.69) is 18.7 Å². The number of rotatable bonds is 4. The maximum absolute atomic E-state index is 10.7. The maximum atomic E-state index is 10.7. The number of nitro benzene ring substituents is 1. The number of fused-ring (bicyclic) bond motifs is 1. The fraction of sp³-hybridized carbons (Fsp3) is 0.278. The lowest BCUT2D eigenvalue weighted by molar-refractivity contribution is -0.384. The molecule has 3 rings (SSSR count). The Balaban J connectivity index is 1.89. The summed E-state index contributed by atoms with van der Waals surface area (Å²) >= 11 is 0. The first-order valence-electron chi connectivity index (χ1n) is 7.50. The van der Waals surface area contributed by atoms with Crippen LogP contribution >= 0.6 is 0 Å². The summed E-state index contributed by atoms with van der Waals surface area (Å²) < 4.78 is 0. The van der Waals surface area contributed by atoms with Crippen LogP contribution in [0.4, 0.5) is 5.69 Å². The highest BCUT2D eigenvalue weighted by Crippen LogP contribution is 2.33. The third-order valence-corrected chi connectivity index (χ3v) is 4.26. The predicted octanol–water partition coefficient (Wildman–Crippen LogP) is 4.23. The van der Waals surface area contributed by atoms with Gasteiger partial charge >= 0.3 is 0 Å². The van der Waals surface area contributed by atoms with E-state index in [0.717, 1.165) is 30.5 Å². The molecule has 1 aromatic carbocycles. The molecule has 22 heavy (non-hydrogen) atoms. The van der Waals surface area contributed by atoms with Gasteiger partial charge in [-0.2, -0.15) is 0 Å². The molecule has 0 saturated carbocycles. The van der Waals surface area contributed by atoms with E-state index in [1.165, 1.54) is 17.7 Å². The van der Waals surface area contributed by atoms with Crippen LogP contribution in [-0.4, -0.2) is 16.7 Å². The first-order chi connectivity index (χ1) is 10.7. The number of non-ortho nitro benzene ring substituents is 1. The van der Waals surface area contributed by atoms with Gasteiger partial charge in [0.05, 0.1) is 16.7 Å². The molecule has 0 saturated heterocycles. The number of hydrogen-bond donors (Lipinski definition) is 0. The van der Waals surface area contributed by atoms with E-state index in [0.29, 0.717) is 5.92 Å². The van der Waals surface area contributed by atoms with Crippen molar-refractivity contribution in [1.29, 1.82) is 0 Å². The Labute approximate surface area is 129 Å². The Hall–Kier alpha value is -2.49. The van der Waals surface area contributed by atoms with Crippen molar-refractivity contribution in [2.24, 2.45) is 10.9 Å². The lowest BCUT2D eigenvalue weighted by Gasteiger charge is -2.30. The van der Waals surface area contributed by atoms with Crippen molar-refractivity contribution < 1.29 is 4.92 Å². The van der Waals surface area contributed by atoms with Gasteiger partial charge in [-0.05, 0) is 49.0 Å². The van der Waals surface area contributed by atoms with Gasteiger partial charge < -0.3 is 0 Å². The summed E-state index contributed by atoms with van der Waals surface area (Å²) in [6.07, 6.45) is 11.5. The van der Waals surface area contributed by atoms with Gasteiger partial charge in [-0.15, -0.1) is 6.58 Å². The summed E-state index contributed by atoms with van der Waals surface area (Å²) in [7, 11) is 0. The number of benzene rings is 1. The average Bonchev–Trinajstić information content (AvgIpc) is 2.55. The molecule has 1 aliphatic heterocycles. The average molecular weight is 294 g/mol. The molecule has 1 heterocycles. The summed E-state index contributed by atoms with van der Waals surface area (Å²) in [6, 6.07) is 6.77. The third-order valence-electron chi connectivity index (χ3n) is 4.26. The number of dihydropyridines is 1. The minimum Gasteiger partial charge on any atom is -0.276 e. The van der Waals surface area contributed by atoms with Crippen molar-refractivity contribution in [2.45, 2.75) is 25.3 Å². The van der Waals surface area contributed by atoms with Crippen LogP contribution in [0.15, 0.2) is 65.7 Å².